The summed E-state index contributed by atoms with van der Waals surface area (Å²) in [6.07, 6.45) is 7.24. The zero-order valence-electron chi connectivity index (χ0n) is 17.2. The monoisotopic (exact) mass is 385 g/mol. The Balaban J connectivity index is 1.28. The lowest BCUT2D eigenvalue weighted by molar-refractivity contribution is -0.132. The van der Waals surface area contributed by atoms with E-state index in [0.29, 0.717) is 18.5 Å². The van der Waals surface area contributed by atoms with Crippen LogP contribution in [-0.2, 0) is 22.4 Å². The van der Waals surface area contributed by atoms with E-state index in [2.05, 4.69) is 39.4 Å². The van der Waals surface area contributed by atoms with E-state index in [-0.39, 0.29) is 12.0 Å². The topological polar surface area (TPSA) is 44.8 Å². The van der Waals surface area contributed by atoms with Gasteiger partial charge in [0.1, 0.15) is 0 Å². The Hall–Kier alpha value is -1.43. The molecule has 0 spiro atoms. The first-order valence-electron chi connectivity index (χ1n) is 11.1. The number of likely N-dealkylation sites (tertiary alicyclic amines) is 1. The molecule has 1 atom stereocenters. The fraction of sp³-hybridized carbons (Fsp3) is 0.696. The molecule has 0 aromatic heterocycles. The first-order chi connectivity index (χ1) is 13.7. The van der Waals surface area contributed by atoms with Gasteiger partial charge in [0.25, 0.3) is 0 Å². The standard InChI is InChI=1S/C23H35N3O2/c1-24-15-23(27)26(17-22-7-4-12-28-22)16-18-8-10-25(11-9-18)21-13-19-5-2-3-6-20(19)14-21/h2-3,5-6,18,21-22,24H,4,7-17H2,1H3/t22-/m0/s1. The molecule has 0 radical (unpaired) electrons. The van der Waals surface area contributed by atoms with Crippen molar-refractivity contribution in [3.63, 3.8) is 0 Å². The number of nitrogens with one attached hydrogen (secondary N) is 1. The van der Waals surface area contributed by atoms with Gasteiger partial charge in [0.15, 0.2) is 0 Å². The number of hydrogen-bond donors (Lipinski definition) is 1. The third-order valence-electron chi connectivity index (χ3n) is 6.80. The Labute approximate surface area is 169 Å². The highest BCUT2D eigenvalue weighted by atomic mass is 16.5. The average Bonchev–Trinajstić information content (AvgIpc) is 3.37. The number of carbonyl (C=O) groups excluding carboxylic acids is 1. The molecule has 0 bridgehead atoms. The quantitative estimate of drug-likeness (QED) is 0.781. The second kappa shape index (κ2) is 9.38. The Morgan fingerprint density at radius 3 is 2.46 bits per heavy atom. The number of ether oxygens (including phenoxy) is 1. The van der Waals surface area contributed by atoms with Crippen LogP contribution in [0.25, 0.3) is 0 Å². The average molecular weight is 386 g/mol. The highest BCUT2D eigenvalue weighted by molar-refractivity contribution is 5.78. The molecule has 2 heterocycles. The van der Waals surface area contributed by atoms with Gasteiger partial charge in [-0.25, -0.2) is 0 Å². The lowest BCUT2D eigenvalue weighted by atomic mass is 9.94. The van der Waals surface area contributed by atoms with E-state index in [1.807, 2.05) is 7.05 Å². The minimum atomic E-state index is 0.215. The molecule has 0 saturated carbocycles. The van der Waals surface area contributed by atoms with Gasteiger partial charge in [0, 0.05) is 25.7 Å². The fourth-order valence-electron chi connectivity index (χ4n) is 5.18. The van der Waals surface area contributed by atoms with Crippen molar-refractivity contribution in [2.75, 3.05) is 46.4 Å². The molecule has 1 aromatic carbocycles. The summed E-state index contributed by atoms with van der Waals surface area (Å²) in [5.41, 5.74) is 3.07. The number of hydrogen-bond acceptors (Lipinski definition) is 4. The van der Waals surface area contributed by atoms with E-state index in [0.717, 1.165) is 45.6 Å². The number of carbonyl (C=O) groups is 1. The van der Waals surface area contributed by atoms with Crippen LogP contribution in [0.4, 0.5) is 0 Å². The molecule has 1 aliphatic carbocycles. The maximum absolute atomic E-state index is 12.6. The number of nitrogens with zero attached hydrogens (tertiary/aromatic N) is 2. The smallest absolute Gasteiger partial charge is 0.236 e. The van der Waals surface area contributed by atoms with E-state index >= 15 is 0 Å². The minimum Gasteiger partial charge on any atom is -0.376 e. The molecule has 2 aliphatic heterocycles. The Morgan fingerprint density at radius 2 is 1.86 bits per heavy atom. The van der Waals surface area contributed by atoms with Crippen molar-refractivity contribution in [1.82, 2.24) is 15.1 Å². The second-order valence-corrected chi connectivity index (χ2v) is 8.77. The van der Waals surface area contributed by atoms with Gasteiger partial charge in [-0.05, 0) is 75.7 Å². The Bertz CT molecular complexity index is 626. The SMILES string of the molecule is CNCC(=O)N(CC1CCN(C2Cc3ccccc3C2)CC1)C[C@@H]1CCCO1. The lowest BCUT2D eigenvalue weighted by Gasteiger charge is -2.38. The minimum absolute atomic E-state index is 0.215. The first kappa shape index (κ1) is 19.9. The van der Waals surface area contributed by atoms with Crippen molar-refractivity contribution < 1.29 is 9.53 Å². The third kappa shape index (κ3) is 4.76. The van der Waals surface area contributed by atoms with E-state index in [9.17, 15) is 4.79 Å². The van der Waals surface area contributed by atoms with E-state index in [4.69, 9.17) is 4.74 Å². The van der Waals surface area contributed by atoms with Gasteiger partial charge in [-0.1, -0.05) is 24.3 Å². The zero-order chi connectivity index (χ0) is 19.3. The lowest BCUT2D eigenvalue weighted by Crippen LogP contribution is -2.47. The summed E-state index contributed by atoms with van der Waals surface area (Å²) < 4.78 is 5.79. The van der Waals surface area contributed by atoms with Crippen LogP contribution in [0.2, 0.25) is 0 Å². The van der Waals surface area contributed by atoms with Gasteiger partial charge in [0.05, 0.1) is 12.6 Å². The molecule has 1 amide bonds. The van der Waals surface area contributed by atoms with Gasteiger partial charge >= 0.3 is 0 Å². The zero-order valence-corrected chi connectivity index (χ0v) is 17.2. The molecular weight excluding hydrogens is 350 g/mol. The molecule has 4 rings (SSSR count). The van der Waals surface area contributed by atoms with E-state index < -0.39 is 0 Å². The van der Waals surface area contributed by atoms with Gasteiger partial charge in [-0.15, -0.1) is 0 Å². The number of rotatable bonds is 7. The predicted octanol–water partition coefficient (Wildman–Crippen LogP) is 2.09. The fourth-order valence-corrected chi connectivity index (χ4v) is 5.18. The van der Waals surface area contributed by atoms with Crippen LogP contribution >= 0.6 is 0 Å². The Kier molecular flexibility index (Phi) is 6.65. The molecule has 154 valence electrons. The van der Waals surface area contributed by atoms with Crippen LogP contribution < -0.4 is 5.32 Å². The highest BCUT2D eigenvalue weighted by Crippen LogP contribution is 2.29. The predicted molar refractivity (Wildman–Crippen MR) is 111 cm³/mol. The molecule has 1 aromatic rings. The largest absolute Gasteiger partial charge is 0.376 e. The normalized spacial score (nSPS) is 23.8. The number of fused-ring (bicyclic) bond motifs is 1. The maximum Gasteiger partial charge on any atom is 0.236 e. The van der Waals surface area contributed by atoms with Crippen molar-refractivity contribution in [3.05, 3.63) is 35.4 Å². The molecule has 0 unspecified atom stereocenters. The summed E-state index contributed by atoms with van der Waals surface area (Å²) in [4.78, 5) is 17.4. The summed E-state index contributed by atoms with van der Waals surface area (Å²) in [5, 5.41) is 3.02. The molecule has 2 saturated heterocycles. The van der Waals surface area contributed by atoms with Crippen molar-refractivity contribution in [3.8, 4) is 0 Å². The summed E-state index contributed by atoms with van der Waals surface area (Å²) in [7, 11) is 1.85. The van der Waals surface area contributed by atoms with E-state index in [1.54, 1.807) is 0 Å². The van der Waals surface area contributed by atoms with Crippen LogP contribution in [-0.4, -0.2) is 74.2 Å². The van der Waals surface area contributed by atoms with Gasteiger partial charge in [-0.3, -0.25) is 9.69 Å². The summed E-state index contributed by atoms with van der Waals surface area (Å²) in [6.45, 7) is 5.25. The summed E-state index contributed by atoms with van der Waals surface area (Å²) in [5.74, 6) is 0.828. The van der Waals surface area contributed by atoms with Crippen molar-refractivity contribution >= 4 is 5.91 Å². The number of piperidine rings is 1. The summed E-state index contributed by atoms with van der Waals surface area (Å²) in [6, 6.07) is 9.58. The molecule has 1 N–H and O–H groups in total. The van der Waals surface area contributed by atoms with Crippen LogP contribution in [0.3, 0.4) is 0 Å². The third-order valence-corrected chi connectivity index (χ3v) is 6.80. The van der Waals surface area contributed by atoms with Crippen LogP contribution in [0.5, 0.6) is 0 Å². The van der Waals surface area contributed by atoms with E-state index in [1.165, 1.54) is 36.8 Å². The van der Waals surface area contributed by atoms with Gasteiger partial charge < -0.3 is 15.0 Å². The molecular formula is C23H35N3O2. The molecule has 5 nitrogen and oxygen atoms in total. The van der Waals surface area contributed by atoms with Crippen LogP contribution in [0, 0.1) is 5.92 Å². The Morgan fingerprint density at radius 1 is 1.14 bits per heavy atom. The number of likely N-dealkylation sites (N-methyl/N-ethyl adjacent to an activating group) is 1. The molecule has 28 heavy (non-hydrogen) atoms. The highest BCUT2D eigenvalue weighted by Gasteiger charge is 2.31. The second-order valence-electron chi connectivity index (χ2n) is 8.77. The van der Waals surface area contributed by atoms with Gasteiger partial charge in [0.2, 0.25) is 5.91 Å². The van der Waals surface area contributed by atoms with Crippen molar-refractivity contribution in [2.45, 2.75) is 50.7 Å². The molecule has 5 heteroatoms. The first-order valence-corrected chi connectivity index (χ1v) is 11.1. The molecule has 3 aliphatic rings. The summed E-state index contributed by atoms with van der Waals surface area (Å²) >= 11 is 0. The van der Waals surface area contributed by atoms with Crippen molar-refractivity contribution in [2.24, 2.45) is 5.92 Å². The van der Waals surface area contributed by atoms with Crippen molar-refractivity contribution in [1.29, 1.82) is 0 Å². The van der Waals surface area contributed by atoms with Crippen LogP contribution in [0.1, 0.15) is 36.8 Å². The maximum atomic E-state index is 12.6. The molecule has 2 fully saturated rings. The number of amides is 1. The van der Waals surface area contributed by atoms with Crippen LogP contribution in [0.15, 0.2) is 24.3 Å². The number of benzene rings is 1. The van der Waals surface area contributed by atoms with Gasteiger partial charge in [-0.2, -0.15) is 0 Å².